The standard InChI is InChI=1S/C63H100O6/c1-4-7-10-13-16-19-22-25-28-30-31-33-36-38-41-44-47-50-53-56-62(65)68-59-60(69-63(66)57-54-51-48-45-42-39-34-27-24-21-18-15-12-9-6-3)58-67-61(64)55-52-49-46-43-40-37-35-32-29-26-23-20-17-14-11-8-5-2/h7,10,16-21,25-29,31,33-34,38,41-42,45,47,50,60H,4-6,8-9,11-15,22-24,30,32,35-37,39-40,43-44,46,48-49,51-59H2,1-3H3/b10-7-,19-16-,20-17-,21-18-,28-25-,29-26-,33-31-,34-27-,41-38-,45-42-,50-47-/t60-/m0/s1. The van der Waals surface area contributed by atoms with E-state index in [1.165, 1.54) is 77.0 Å². The van der Waals surface area contributed by atoms with Crippen molar-refractivity contribution in [2.45, 2.75) is 232 Å². The molecule has 0 aromatic rings. The van der Waals surface area contributed by atoms with Crippen molar-refractivity contribution in [2.75, 3.05) is 13.2 Å². The fourth-order valence-electron chi connectivity index (χ4n) is 6.97. The molecular formula is C63H100O6. The van der Waals surface area contributed by atoms with Gasteiger partial charge in [0.15, 0.2) is 6.10 Å². The highest BCUT2D eigenvalue weighted by molar-refractivity contribution is 5.71. The summed E-state index contributed by atoms with van der Waals surface area (Å²) in [4.78, 5) is 38.1. The fraction of sp³-hybridized carbons (Fsp3) is 0.603. The maximum Gasteiger partial charge on any atom is 0.306 e. The van der Waals surface area contributed by atoms with Crippen LogP contribution >= 0.6 is 0 Å². The molecule has 6 nitrogen and oxygen atoms in total. The van der Waals surface area contributed by atoms with Crippen LogP contribution in [0.5, 0.6) is 0 Å². The minimum Gasteiger partial charge on any atom is -0.462 e. The third-order valence-electron chi connectivity index (χ3n) is 11.1. The van der Waals surface area contributed by atoms with Crippen LogP contribution in [-0.2, 0) is 28.6 Å². The lowest BCUT2D eigenvalue weighted by Crippen LogP contribution is -2.30. The summed E-state index contributed by atoms with van der Waals surface area (Å²) in [7, 11) is 0. The van der Waals surface area contributed by atoms with Gasteiger partial charge < -0.3 is 14.2 Å². The highest BCUT2D eigenvalue weighted by Crippen LogP contribution is 2.12. The molecule has 1 atom stereocenters. The Labute approximate surface area is 424 Å². The van der Waals surface area contributed by atoms with Gasteiger partial charge >= 0.3 is 17.9 Å². The molecule has 0 aliphatic carbocycles. The van der Waals surface area contributed by atoms with Gasteiger partial charge in [0.05, 0.1) is 0 Å². The van der Waals surface area contributed by atoms with Crippen LogP contribution in [0.3, 0.4) is 0 Å². The lowest BCUT2D eigenvalue weighted by molar-refractivity contribution is -0.166. The number of hydrogen-bond donors (Lipinski definition) is 0. The maximum absolute atomic E-state index is 12.8. The van der Waals surface area contributed by atoms with Crippen LogP contribution < -0.4 is 0 Å². The van der Waals surface area contributed by atoms with E-state index in [9.17, 15) is 14.4 Å². The van der Waals surface area contributed by atoms with Gasteiger partial charge in [-0.2, -0.15) is 0 Å². The van der Waals surface area contributed by atoms with Gasteiger partial charge in [-0.25, -0.2) is 0 Å². The molecule has 0 spiro atoms. The number of hydrogen-bond acceptors (Lipinski definition) is 6. The van der Waals surface area contributed by atoms with Crippen molar-refractivity contribution in [3.05, 3.63) is 134 Å². The van der Waals surface area contributed by atoms with E-state index in [-0.39, 0.29) is 44.0 Å². The molecule has 0 amide bonds. The number of allylic oxidation sites excluding steroid dienone is 22. The molecule has 0 saturated carbocycles. The zero-order valence-corrected chi connectivity index (χ0v) is 44.3. The normalized spacial score (nSPS) is 13.1. The van der Waals surface area contributed by atoms with E-state index in [1.54, 1.807) is 0 Å². The Hall–Kier alpha value is -4.45. The highest BCUT2D eigenvalue weighted by Gasteiger charge is 2.19. The van der Waals surface area contributed by atoms with Gasteiger partial charge in [-0.1, -0.05) is 212 Å². The van der Waals surface area contributed by atoms with Crippen molar-refractivity contribution in [1.29, 1.82) is 0 Å². The highest BCUT2D eigenvalue weighted by atomic mass is 16.6. The average molecular weight is 953 g/mol. The van der Waals surface area contributed by atoms with E-state index in [2.05, 4.69) is 142 Å². The molecule has 0 aliphatic heterocycles. The Morgan fingerprint density at radius 3 is 1.00 bits per heavy atom. The number of carbonyl (C=O) groups excluding carboxylic acids is 3. The Balaban J connectivity index is 4.59. The molecule has 0 aromatic carbocycles. The molecular weight excluding hydrogens is 853 g/mol. The largest absolute Gasteiger partial charge is 0.462 e. The number of rotatable bonds is 48. The van der Waals surface area contributed by atoms with Crippen LogP contribution in [0, 0.1) is 0 Å². The maximum atomic E-state index is 12.8. The molecule has 0 aromatic heterocycles. The first-order valence-electron chi connectivity index (χ1n) is 27.7. The number of unbranched alkanes of at least 4 members (excludes halogenated alkanes) is 15. The van der Waals surface area contributed by atoms with Crippen LogP contribution in [0.2, 0.25) is 0 Å². The van der Waals surface area contributed by atoms with Gasteiger partial charge in [-0.05, 0) is 128 Å². The molecule has 0 saturated heterocycles. The number of ether oxygens (including phenoxy) is 3. The average Bonchev–Trinajstić information content (AvgIpc) is 3.35. The van der Waals surface area contributed by atoms with Gasteiger partial charge in [0.2, 0.25) is 0 Å². The molecule has 0 rings (SSSR count). The molecule has 6 heteroatoms. The lowest BCUT2D eigenvalue weighted by atomic mass is 10.1. The number of esters is 3. The van der Waals surface area contributed by atoms with Crippen molar-refractivity contribution >= 4 is 17.9 Å². The third-order valence-corrected chi connectivity index (χ3v) is 11.1. The summed E-state index contributed by atoms with van der Waals surface area (Å²) in [6.07, 6.45) is 78.7. The molecule has 0 bridgehead atoms. The molecule has 388 valence electrons. The van der Waals surface area contributed by atoms with Crippen molar-refractivity contribution < 1.29 is 28.6 Å². The zero-order chi connectivity index (χ0) is 50.0. The molecule has 69 heavy (non-hydrogen) atoms. The minimum atomic E-state index is -0.837. The summed E-state index contributed by atoms with van der Waals surface area (Å²) in [5, 5.41) is 0. The topological polar surface area (TPSA) is 78.9 Å². The van der Waals surface area contributed by atoms with Crippen LogP contribution in [0.15, 0.2) is 134 Å². The smallest absolute Gasteiger partial charge is 0.306 e. The third kappa shape index (κ3) is 54.4. The second kappa shape index (κ2) is 56.1. The molecule has 0 fully saturated rings. The molecule has 0 radical (unpaired) electrons. The van der Waals surface area contributed by atoms with Crippen molar-refractivity contribution in [3.63, 3.8) is 0 Å². The summed E-state index contributed by atoms with van der Waals surface area (Å²) >= 11 is 0. The SMILES string of the molecule is CC/C=C\C/C=C\C/C=C\C/C=C\C/C=C\C/C=C\CCC(=O)OC[C@H](COC(=O)CCCCCCCCC/C=C\C/C=C\CCCCC)OC(=O)CCCC/C=C\C/C=C\C/C=C\CCCCC. The van der Waals surface area contributed by atoms with E-state index in [1.807, 2.05) is 12.2 Å². The Morgan fingerprint density at radius 1 is 0.304 bits per heavy atom. The monoisotopic (exact) mass is 953 g/mol. The zero-order valence-electron chi connectivity index (χ0n) is 44.3. The quantitative estimate of drug-likeness (QED) is 0.0262. The van der Waals surface area contributed by atoms with Crippen molar-refractivity contribution in [3.8, 4) is 0 Å². The minimum absolute atomic E-state index is 0.125. The van der Waals surface area contributed by atoms with Gasteiger partial charge in [0.25, 0.3) is 0 Å². The second-order valence-electron chi connectivity index (χ2n) is 17.7. The van der Waals surface area contributed by atoms with E-state index in [0.717, 1.165) is 96.3 Å². The van der Waals surface area contributed by atoms with Gasteiger partial charge in [-0.15, -0.1) is 0 Å². The van der Waals surface area contributed by atoms with E-state index >= 15 is 0 Å². The molecule has 0 aliphatic rings. The molecule has 0 heterocycles. The summed E-state index contributed by atoms with van der Waals surface area (Å²) in [6, 6.07) is 0. The lowest BCUT2D eigenvalue weighted by Gasteiger charge is -2.18. The van der Waals surface area contributed by atoms with E-state index in [0.29, 0.717) is 19.3 Å². The Kier molecular flexibility index (Phi) is 52.5. The van der Waals surface area contributed by atoms with Crippen molar-refractivity contribution in [1.82, 2.24) is 0 Å². The van der Waals surface area contributed by atoms with Crippen LogP contribution in [0.25, 0.3) is 0 Å². The van der Waals surface area contributed by atoms with Crippen LogP contribution in [-0.4, -0.2) is 37.2 Å². The van der Waals surface area contributed by atoms with Gasteiger partial charge in [0.1, 0.15) is 13.2 Å². The molecule has 0 N–H and O–H groups in total. The summed E-state index contributed by atoms with van der Waals surface area (Å²) < 4.78 is 16.7. The summed E-state index contributed by atoms with van der Waals surface area (Å²) in [6.45, 7) is 6.35. The Bertz CT molecular complexity index is 1510. The first kappa shape index (κ1) is 64.5. The van der Waals surface area contributed by atoms with E-state index in [4.69, 9.17) is 14.2 Å². The summed E-state index contributed by atoms with van der Waals surface area (Å²) in [5.41, 5.74) is 0. The van der Waals surface area contributed by atoms with Gasteiger partial charge in [-0.3, -0.25) is 14.4 Å². The number of carbonyl (C=O) groups is 3. The van der Waals surface area contributed by atoms with Crippen molar-refractivity contribution in [2.24, 2.45) is 0 Å². The second-order valence-corrected chi connectivity index (χ2v) is 17.7. The van der Waals surface area contributed by atoms with E-state index < -0.39 is 6.10 Å². The molecule has 0 unspecified atom stereocenters. The van der Waals surface area contributed by atoms with Crippen LogP contribution in [0.1, 0.15) is 226 Å². The first-order valence-corrected chi connectivity index (χ1v) is 27.7. The predicted octanol–water partition coefficient (Wildman–Crippen LogP) is 18.6. The Morgan fingerprint density at radius 2 is 0.594 bits per heavy atom. The van der Waals surface area contributed by atoms with Gasteiger partial charge in [0, 0.05) is 19.3 Å². The summed E-state index contributed by atoms with van der Waals surface area (Å²) in [5.74, 6) is -1.07. The first-order chi connectivity index (χ1) is 34.0. The van der Waals surface area contributed by atoms with Crippen LogP contribution in [0.4, 0.5) is 0 Å². The predicted molar refractivity (Wildman–Crippen MR) is 297 cm³/mol. The fourth-order valence-corrected chi connectivity index (χ4v) is 6.97.